The van der Waals surface area contributed by atoms with E-state index in [1.807, 2.05) is 18.2 Å². The first kappa shape index (κ1) is 12.7. The molecule has 1 N–H and O–H groups in total. The molecule has 1 unspecified atom stereocenters. The maximum atomic E-state index is 5.69. The summed E-state index contributed by atoms with van der Waals surface area (Å²) < 4.78 is 6.85. The van der Waals surface area contributed by atoms with Crippen molar-refractivity contribution in [3.63, 3.8) is 0 Å². The molecule has 0 amide bonds. The maximum Gasteiger partial charge on any atom is 0.122 e. The third-order valence-electron chi connectivity index (χ3n) is 3.46. The fraction of sp³-hybridized carbons (Fsp3) is 0.250. The zero-order chi connectivity index (χ0) is 13.1. The fourth-order valence-corrected chi connectivity index (χ4v) is 2.85. The van der Waals surface area contributed by atoms with Crippen LogP contribution in [0.15, 0.2) is 53.0 Å². The molecule has 3 heteroatoms. The fourth-order valence-electron chi connectivity index (χ4n) is 2.42. The Balaban J connectivity index is 1.58. The molecular weight excluding hydrogens is 302 g/mol. The van der Waals surface area contributed by atoms with Crippen LogP contribution in [0.2, 0.25) is 0 Å². The van der Waals surface area contributed by atoms with Crippen molar-refractivity contribution in [1.29, 1.82) is 0 Å². The lowest BCUT2D eigenvalue weighted by molar-refractivity contribution is 0.326. The van der Waals surface area contributed by atoms with Gasteiger partial charge in [0.2, 0.25) is 0 Å². The predicted octanol–water partition coefficient (Wildman–Crippen LogP) is 3.71. The van der Waals surface area contributed by atoms with E-state index < -0.39 is 0 Å². The molecule has 0 aromatic heterocycles. The molecule has 1 atom stereocenters. The lowest BCUT2D eigenvalue weighted by Crippen LogP contribution is -2.22. The topological polar surface area (TPSA) is 21.3 Å². The van der Waals surface area contributed by atoms with E-state index in [1.165, 1.54) is 11.1 Å². The van der Waals surface area contributed by atoms with Crippen LogP contribution in [0.3, 0.4) is 0 Å². The van der Waals surface area contributed by atoms with Gasteiger partial charge in [0.1, 0.15) is 5.75 Å². The Kier molecular flexibility index (Phi) is 3.85. The largest absolute Gasteiger partial charge is 0.493 e. The maximum absolute atomic E-state index is 5.69. The van der Waals surface area contributed by atoms with E-state index in [9.17, 15) is 0 Å². The summed E-state index contributed by atoms with van der Waals surface area (Å²) in [4.78, 5) is 0. The SMILES string of the molecule is Brc1ccccc1CNCC1COc2ccccc21. The van der Waals surface area contributed by atoms with Crippen LogP contribution in [0.5, 0.6) is 5.75 Å². The number of fused-ring (bicyclic) bond motifs is 1. The summed E-state index contributed by atoms with van der Waals surface area (Å²) in [5.74, 6) is 1.49. The van der Waals surface area contributed by atoms with Gasteiger partial charge in [-0.25, -0.2) is 0 Å². The van der Waals surface area contributed by atoms with Gasteiger partial charge in [-0.1, -0.05) is 52.3 Å². The average molecular weight is 318 g/mol. The number of benzene rings is 2. The van der Waals surface area contributed by atoms with Gasteiger partial charge in [0.15, 0.2) is 0 Å². The summed E-state index contributed by atoms with van der Waals surface area (Å²) in [6, 6.07) is 16.6. The van der Waals surface area contributed by atoms with Gasteiger partial charge in [0.05, 0.1) is 6.61 Å². The second-order valence-electron chi connectivity index (χ2n) is 4.77. The minimum absolute atomic E-state index is 0.457. The normalized spacial score (nSPS) is 17.0. The molecule has 3 rings (SSSR count). The minimum atomic E-state index is 0.457. The van der Waals surface area contributed by atoms with Crippen LogP contribution in [-0.2, 0) is 6.54 Å². The molecule has 1 heterocycles. The van der Waals surface area contributed by atoms with Crippen molar-refractivity contribution in [2.24, 2.45) is 0 Å². The van der Waals surface area contributed by atoms with Gasteiger partial charge in [-0.3, -0.25) is 0 Å². The number of nitrogens with one attached hydrogen (secondary N) is 1. The highest BCUT2D eigenvalue weighted by Gasteiger charge is 2.22. The van der Waals surface area contributed by atoms with E-state index in [0.717, 1.165) is 29.9 Å². The Bertz CT molecular complexity index is 570. The number of hydrogen-bond acceptors (Lipinski definition) is 2. The summed E-state index contributed by atoms with van der Waals surface area (Å²) in [6.45, 7) is 2.60. The molecule has 0 bridgehead atoms. The van der Waals surface area contributed by atoms with Crippen LogP contribution < -0.4 is 10.1 Å². The second-order valence-corrected chi connectivity index (χ2v) is 5.62. The van der Waals surface area contributed by atoms with E-state index in [-0.39, 0.29) is 0 Å². The van der Waals surface area contributed by atoms with Crippen LogP contribution in [0.4, 0.5) is 0 Å². The van der Waals surface area contributed by atoms with Gasteiger partial charge in [-0.2, -0.15) is 0 Å². The first-order chi connectivity index (χ1) is 9.34. The summed E-state index contributed by atoms with van der Waals surface area (Å²) in [6.07, 6.45) is 0. The molecule has 1 aliphatic heterocycles. The van der Waals surface area contributed by atoms with E-state index in [1.54, 1.807) is 0 Å². The Morgan fingerprint density at radius 3 is 2.79 bits per heavy atom. The molecule has 19 heavy (non-hydrogen) atoms. The average Bonchev–Trinajstić information content (AvgIpc) is 2.85. The molecule has 0 saturated heterocycles. The van der Waals surface area contributed by atoms with Gasteiger partial charge in [0, 0.05) is 29.0 Å². The van der Waals surface area contributed by atoms with Crippen molar-refractivity contribution in [2.45, 2.75) is 12.5 Å². The predicted molar refractivity (Wildman–Crippen MR) is 80.5 cm³/mol. The number of halogens is 1. The molecule has 2 aromatic carbocycles. The Morgan fingerprint density at radius 2 is 1.89 bits per heavy atom. The lowest BCUT2D eigenvalue weighted by Gasteiger charge is -2.11. The summed E-state index contributed by atoms with van der Waals surface area (Å²) >= 11 is 3.57. The van der Waals surface area contributed by atoms with Gasteiger partial charge >= 0.3 is 0 Å². The highest BCUT2D eigenvalue weighted by Crippen LogP contribution is 2.32. The number of ether oxygens (including phenoxy) is 1. The third-order valence-corrected chi connectivity index (χ3v) is 4.24. The molecule has 1 aliphatic rings. The highest BCUT2D eigenvalue weighted by molar-refractivity contribution is 9.10. The van der Waals surface area contributed by atoms with Gasteiger partial charge in [0.25, 0.3) is 0 Å². The van der Waals surface area contributed by atoms with E-state index in [2.05, 4.69) is 51.6 Å². The van der Waals surface area contributed by atoms with Crippen molar-refractivity contribution < 1.29 is 4.74 Å². The summed E-state index contributed by atoms with van der Waals surface area (Å²) in [7, 11) is 0. The van der Waals surface area contributed by atoms with Crippen LogP contribution in [0, 0.1) is 0 Å². The van der Waals surface area contributed by atoms with Crippen LogP contribution >= 0.6 is 15.9 Å². The highest BCUT2D eigenvalue weighted by atomic mass is 79.9. The first-order valence-corrected chi connectivity index (χ1v) is 7.30. The van der Waals surface area contributed by atoms with Crippen molar-refractivity contribution >= 4 is 15.9 Å². The first-order valence-electron chi connectivity index (χ1n) is 6.50. The molecule has 98 valence electrons. The molecule has 0 aliphatic carbocycles. The Labute approximate surface area is 121 Å². The Hall–Kier alpha value is -1.32. The number of rotatable bonds is 4. The monoisotopic (exact) mass is 317 g/mol. The minimum Gasteiger partial charge on any atom is -0.493 e. The quantitative estimate of drug-likeness (QED) is 0.928. The van der Waals surface area contributed by atoms with Crippen molar-refractivity contribution in [2.75, 3.05) is 13.2 Å². The molecule has 0 spiro atoms. The van der Waals surface area contributed by atoms with Crippen LogP contribution in [0.25, 0.3) is 0 Å². The number of hydrogen-bond donors (Lipinski definition) is 1. The molecule has 2 aromatic rings. The zero-order valence-electron chi connectivity index (χ0n) is 10.6. The molecule has 0 radical (unpaired) electrons. The molecule has 0 saturated carbocycles. The van der Waals surface area contributed by atoms with Crippen molar-refractivity contribution in [3.05, 3.63) is 64.1 Å². The molecule has 0 fully saturated rings. The van der Waals surface area contributed by atoms with Crippen LogP contribution in [0.1, 0.15) is 17.0 Å². The van der Waals surface area contributed by atoms with E-state index in [4.69, 9.17) is 4.74 Å². The lowest BCUT2D eigenvalue weighted by atomic mass is 10.0. The standard InChI is InChI=1S/C16H16BrNO/c17-15-7-3-1-5-12(15)9-18-10-13-11-19-16-8-4-2-6-14(13)16/h1-8,13,18H,9-11H2. The van der Waals surface area contributed by atoms with Gasteiger partial charge in [-0.15, -0.1) is 0 Å². The summed E-state index contributed by atoms with van der Waals surface area (Å²) in [5, 5.41) is 3.52. The van der Waals surface area contributed by atoms with Crippen molar-refractivity contribution in [3.8, 4) is 5.75 Å². The zero-order valence-corrected chi connectivity index (χ0v) is 12.2. The Morgan fingerprint density at radius 1 is 1.11 bits per heavy atom. The van der Waals surface area contributed by atoms with Gasteiger partial charge < -0.3 is 10.1 Å². The van der Waals surface area contributed by atoms with E-state index in [0.29, 0.717) is 5.92 Å². The number of para-hydroxylation sites is 1. The third kappa shape index (κ3) is 2.82. The molecule has 2 nitrogen and oxygen atoms in total. The van der Waals surface area contributed by atoms with Gasteiger partial charge in [-0.05, 0) is 17.7 Å². The smallest absolute Gasteiger partial charge is 0.122 e. The second kappa shape index (κ2) is 5.76. The molecular formula is C16H16BrNO. The van der Waals surface area contributed by atoms with Crippen molar-refractivity contribution in [1.82, 2.24) is 5.32 Å². The summed E-state index contributed by atoms with van der Waals surface area (Å²) in [5.41, 5.74) is 2.61. The van der Waals surface area contributed by atoms with Crippen LogP contribution in [-0.4, -0.2) is 13.2 Å². The van der Waals surface area contributed by atoms with E-state index >= 15 is 0 Å².